The van der Waals surface area contributed by atoms with Crippen molar-refractivity contribution in [3.63, 3.8) is 0 Å². The van der Waals surface area contributed by atoms with Crippen LogP contribution in [0.3, 0.4) is 0 Å². The number of hydrogen-bond acceptors (Lipinski definition) is 4. The Morgan fingerprint density at radius 2 is 1.88 bits per heavy atom. The van der Waals surface area contributed by atoms with Gasteiger partial charge in [0.15, 0.2) is 0 Å². The molecule has 1 aliphatic heterocycles. The van der Waals surface area contributed by atoms with Crippen LogP contribution in [-0.2, 0) is 9.47 Å². The second-order valence-corrected chi connectivity index (χ2v) is 2.77. The highest BCUT2D eigenvalue weighted by molar-refractivity contribution is 5.03. The van der Waals surface area contributed by atoms with E-state index in [1.165, 1.54) is 0 Å². The average Bonchev–Trinajstić information content (AvgIpc) is 2.36. The summed E-state index contributed by atoms with van der Waals surface area (Å²) in [5.74, 6) is 1.55. The molecule has 0 amide bonds. The minimum Gasteiger partial charge on any atom is -0.493 e. The maximum Gasteiger partial charge on any atom is 0.137 e. The molecule has 0 bridgehead atoms. The zero-order valence-electron chi connectivity index (χ0n) is 11.7. The Labute approximate surface area is 100 Å². The molecule has 1 rings (SSSR count). The second-order valence-electron chi connectivity index (χ2n) is 2.77. The molecule has 0 atom stereocenters. The topological polar surface area (TPSA) is 47.7 Å². The Hall–Kier alpha value is -0.900. The molecule has 4 heteroatoms. The third-order valence-corrected chi connectivity index (χ3v) is 1.95. The Morgan fingerprint density at radius 1 is 1.31 bits per heavy atom. The van der Waals surface area contributed by atoms with Crippen molar-refractivity contribution in [3.8, 4) is 0 Å². The van der Waals surface area contributed by atoms with Gasteiger partial charge >= 0.3 is 0 Å². The standard InChI is InChI=1S/C8H16N2O2.2C2H6/c1-7-8(9)10(3-5-11-2)4-6-12-7;2*1-2/h3-6,9H2,1-2H3;2*1-2H3. The first-order valence-corrected chi connectivity index (χ1v) is 6.08. The summed E-state index contributed by atoms with van der Waals surface area (Å²) in [6.07, 6.45) is 0. The van der Waals surface area contributed by atoms with Gasteiger partial charge in [0.1, 0.15) is 18.2 Å². The van der Waals surface area contributed by atoms with E-state index < -0.39 is 0 Å². The van der Waals surface area contributed by atoms with E-state index in [0.29, 0.717) is 6.61 Å². The highest BCUT2D eigenvalue weighted by Crippen LogP contribution is 2.11. The molecule has 0 aliphatic carbocycles. The highest BCUT2D eigenvalue weighted by atomic mass is 16.5. The Kier molecular flexibility index (Phi) is 13.3. The lowest BCUT2D eigenvalue weighted by Crippen LogP contribution is -2.38. The molecule has 0 aromatic carbocycles. The van der Waals surface area contributed by atoms with Gasteiger partial charge < -0.3 is 20.1 Å². The highest BCUT2D eigenvalue weighted by Gasteiger charge is 2.14. The van der Waals surface area contributed by atoms with Crippen LogP contribution in [0.5, 0.6) is 0 Å². The summed E-state index contributed by atoms with van der Waals surface area (Å²) in [5.41, 5.74) is 5.79. The van der Waals surface area contributed by atoms with E-state index in [-0.39, 0.29) is 0 Å². The maximum atomic E-state index is 5.79. The van der Waals surface area contributed by atoms with Gasteiger partial charge in [0, 0.05) is 13.7 Å². The fourth-order valence-corrected chi connectivity index (χ4v) is 1.16. The lowest BCUT2D eigenvalue weighted by Gasteiger charge is -2.30. The number of hydrogen-bond donors (Lipinski definition) is 1. The summed E-state index contributed by atoms with van der Waals surface area (Å²) >= 11 is 0. The summed E-state index contributed by atoms with van der Waals surface area (Å²) in [7, 11) is 1.69. The van der Waals surface area contributed by atoms with Crippen LogP contribution < -0.4 is 5.73 Å². The van der Waals surface area contributed by atoms with Crippen LogP contribution in [0.25, 0.3) is 0 Å². The van der Waals surface area contributed by atoms with Crippen molar-refractivity contribution >= 4 is 0 Å². The summed E-state index contributed by atoms with van der Waals surface area (Å²) in [5, 5.41) is 0. The first-order chi connectivity index (χ1) is 7.75. The van der Waals surface area contributed by atoms with Gasteiger partial charge in [-0.15, -0.1) is 0 Å². The first-order valence-electron chi connectivity index (χ1n) is 6.08. The molecule has 0 aromatic heterocycles. The molecule has 0 fully saturated rings. The Balaban J connectivity index is 0. The summed E-state index contributed by atoms with van der Waals surface area (Å²) in [6, 6.07) is 0. The van der Waals surface area contributed by atoms with Crippen LogP contribution in [-0.4, -0.2) is 38.3 Å². The van der Waals surface area contributed by atoms with Crippen LogP contribution in [0.2, 0.25) is 0 Å². The second kappa shape index (κ2) is 12.2. The monoisotopic (exact) mass is 232 g/mol. The number of rotatable bonds is 3. The molecule has 0 saturated carbocycles. The molecule has 0 aromatic rings. The van der Waals surface area contributed by atoms with Crippen molar-refractivity contribution < 1.29 is 9.47 Å². The van der Waals surface area contributed by atoms with Crippen LogP contribution in [0.4, 0.5) is 0 Å². The number of nitrogens with zero attached hydrogens (tertiary/aromatic N) is 1. The van der Waals surface area contributed by atoms with Crippen molar-refractivity contribution in [1.29, 1.82) is 0 Å². The molecular weight excluding hydrogens is 204 g/mol. The number of allylic oxidation sites excluding steroid dienone is 1. The van der Waals surface area contributed by atoms with E-state index in [2.05, 4.69) is 4.90 Å². The zero-order chi connectivity index (χ0) is 13.0. The van der Waals surface area contributed by atoms with E-state index in [1.54, 1.807) is 7.11 Å². The lowest BCUT2D eigenvalue weighted by atomic mass is 10.4. The molecule has 0 radical (unpaired) electrons. The third-order valence-electron chi connectivity index (χ3n) is 1.95. The largest absolute Gasteiger partial charge is 0.493 e. The average molecular weight is 232 g/mol. The Morgan fingerprint density at radius 3 is 2.38 bits per heavy atom. The van der Waals surface area contributed by atoms with Crippen LogP contribution >= 0.6 is 0 Å². The normalized spacial score (nSPS) is 14.2. The summed E-state index contributed by atoms with van der Waals surface area (Å²) in [6.45, 7) is 13.0. The zero-order valence-corrected chi connectivity index (χ0v) is 11.7. The predicted octanol–water partition coefficient (Wildman–Crippen LogP) is 2.17. The van der Waals surface area contributed by atoms with Gasteiger partial charge in [-0.25, -0.2) is 0 Å². The van der Waals surface area contributed by atoms with Crippen molar-refractivity contribution in [2.75, 3.05) is 33.4 Å². The van der Waals surface area contributed by atoms with E-state index in [0.717, 1.165) is 31.3 Å². The molecule has 16 heavy (non-hydrogen) atoms. The van der Waals surface area contributed by atoms with Gasteiger partial charge in [-0.3, -0.25) is 0 Å². The van der Waals surface area contributed by atoms with E-state index in [1.807, 2.05) is 34.6 Å². The lowest BCUT2D eigenvalue weighted by molar-refractivity contribution is 0.103. The van der Waals surface area contributed by atoms with Crippen molar-refractivity contribution in [1.82, 2.24) is 4.90 Å². The maximum absolute atomic E-state index is 5.79. The van der Waals surface area contributed by atoms with E-state index in [9.17, 15) is 0 Å². The molecule has 4 nitrogen and oxygen atoms in total. The molecule has 0 saturated heterocycles. The SMILES string of the molecule is CC.CC.COCCN1CCOC(C)=C1N. The Bertz CT molecular complexity index is 182. The van der Waals surface area contributed by atoms with E-state index >= 15 is 0 Å². The number of ether oxygens (including phenoxy) is 2. The fourth-order valence-electron chi connectivity index (χ4n) is 1.16. The van der Waals surface area contributed by atoms with Crippen LogP contribution in [0, 0.1) is 0 Å². The first kappa shape index (κ1) is 17.5. The van der Waals surface area contributed by atoms with Gasteiger partial charge in [-0.05, 0) is 6.92 Å². The van der Waals surface area contributed by atoms with Gasteiger partial charge in [-0.2, -0.15) is 0 Å². The summed E-state index contributed by atoms with van der Waals surface area (Å²) < 4.78 is 10.2. The molecule has 1 heterocycles. The molecular formula is C12H28N2O2. The van der Waals surface area contributed by atoms with Gasteiger partial charge in [0.25, 0.3) is 0 Å². The smallest absolute Gasteiger partial charge is 0.137 e. The molecule has 0 spiro atoms. The van der Waals surface area contributed by atoms with Gasteiger partial charge in [0.2, 0.25) is 0 Å². The number of methoxy groups -OCH3 is 1. The molecule has 98 valence electrons. The quantitative estimate of drug-likeness (QED) is 0.810. The fraction of sp³-hybridized carbons (Fsp3) is 0.833. The number of nitrogens with two attached hydrogens (primary N) is 1. The molecule has 0 unspecified atom stereocenters. The molecule has 1 aliphatic rings. The van der Waals surface area contributed by atoms with Crippen molar-refractivity contribution in [3.05, 3.63) is 11.6 Å². The third kappa shape index (κ3) is 6.56. The van der Waals surface area contributed by atoms with Crippen LogP contribution in [0.1, 0.15) is 34.6 Å². The van der Waals surface area contributed by atoms with Crippen molar-refractivity contribution in [2.24, 2.45) is 5.73 Å². The van der Waals surface area contributed by atoms with Crippen LogP contribution in [0.15, 0.2) is 11.6 Å². The minimum atomic E-state index is 0.702. The minimum absolute atomic E-state index is 0.702. The summed E-state index contributed by atoms with van der Waals surface area (Å²) in [4.78, 5) is 2.07. The molecule has 2 N–H and O–H groups in total. The van der Waals surface area contributed by atoms with E-state index in [4.69, 9.17) is 15.2 Å². The predicted molar refractivity (Wildman–Crippen MR) is 69.0 cm³/mol. The van der Waals surface area contributed by atoms with Gasteiger partial charge in [-0.1, -0.05) is 27.7 Å². The van der Waals surface area contributed by atoms with Gasteiger partial charge in [0.05, 0.1) is 13.2 Å². The van der Waals surface area contributed by atoms with Crippen molar-refractivity contribution in [2.45, 2.75) is 34.6 Å².